The molecule has 4 heteroatoms. The maximum absolute atomic E-state index is 8.82. The van der Waals surface area contributed by atoms with Gasteiger partial charge in [-0.2, -0.15) is 5.26 Å². The summed E-state index contributed by atoms with van der Waals surface area (Å²) in [5.74, 6) is 1.34. The molecule has 0 bridgehead atoms. The van der Waals surface area contributed by atoms with E-state index in [1.807, 2.05) is 37.3 Å². The van der Waals surface area contributed by atoms with Crippen molar-refractivity contribution < 1.29 is 4.42 Å². The second-order valence-corrected chi connectivity index (χ2v) is 5.17. The van der Waals surface area contributed by atoms with Crippen molar-refractivity contribution in [1.82, 2.24) is 4.98 Å². The first kappa shape index (κ1) is 13.9. The maximum Gasteiger partial charge on any atom is 0.199 e. The molecule has 0 aliphatic carbocycles. The van der Waals surface area contributed by atoms with E-state index in [0.717, 1.165) is 22.4 Å². The Labute approximate surface area is 128 Å². The number of benzene rings is 2. The highest BCUT2D eigenvalue weighted by Gasteiger charge is 2.09. The van der Waals surface area contributed by atoms with Crippen molar-refractivity contribution >= 4 is 5.69 Å². The van der Waals surface area contributed by atoms with Crippen LogP contribution in [0.25, 0.3) is 11.3 Å². The van der Waals surface area contributed by atoms with E-state index in [1.54, 1.807) is 18.3 Å². The van der Waals surface area contributed by atoms with Gasteiger partial charge in [-0.15, -0.1) is 0 Å². The van der Waals surface area contributed by atoms with Gasteiger partial charge < -0.3 is 10.2 Å². The summed E-state index contributed by atoms with van der Waals surface area (Å²) in [5, 5.41) is 8.82. The summed E-state index contributed by atoms with van der Waals surface area (Å²) >= 11 is 0. The molecule has 3 rings (SSSR count). The van der Waals surface area contributed by atoms with Crippen LogP contribution in [0, 0.1) is 18.3 Å². The molecule has 108 valence electrons. The third-order valence-electron chi connectivity index (χ3n) is 3.57. The van der Waals surface area contributed by atoms with E-state index in [1.165, 1.54) is 0 Å². The molecule has 1 aromatic heterocycles. The van der Waals surface area contributed by atoms with Crippen molar-refractivity contribution in [3.8, 4) is 17.4 Å². The van der Waals surface area contributed by atoms with Gasteiger partial charge in [-0.25, -0.2) is 4.98 Å². The van der Waals surface area contributed by atoms with Crippen LogP contribution in [0.3, 0.4) is 0 Å². The van der Waals surface area contributed by atoms with E-state index >= 15 is 0 Å². The van der Waals surface area contributed by atoms with Crippen molar-refractivity contribution in [2.24, 2.45) is 0 Å². The number of nitrogen functional groups attached to an aromatic ring is 1. The van der Waals surface area contributed by atoms with Crippen LogP contribution in [0.4, 0.5) is 5.69 Å². The number of nitrogens with two attached hydrogens (primary N) is 1. The number of rotatable bonds is 3. The Balaban J connectivity index is 1.84. The number of oxazole rings is 1. The fourth-order valence-electron chi connectivity index (χ4n) is 2.28. The van der Waals surface area contributed by atoms with Crippen LogP contribution in [-0.4, -0.2) is 4.98 Å². The first-order valence-electron chi connectivity index (χ1n) is 6.96. The average molecular weight is 289 g/mol. The van der Waals surface area contributed by atoms with Gasteiger partial charge in [0.25, 0.3) is 0 Å². The minimum atomic E-state index is 0.604. The van der Waals surface area contributed by atoms with E-state index in [0.29, 0.717) is 23.6 Å². The van der Waals surface area contributed by atoms with Crippen molar-refractivity contribution in [3.63, 3.8) is 0 Å². The first-order valence-corrected chi connectivity index (χ1v) is 6.96. The average Bonchev–Trinajstić information content (AvgIpc) is 2.99. The monoisotopic (exact) mass is 289 g/mol. The third kappa shape index (κ3) is 2.84. The molecular formula is C18H15N3O. The van der Waals surface area contributed by atoms with Gasteiger partial charge in [-0.3, -0.25) is 0 Å². The van der Waals surface area contributed by atoms with Crippen LogP contribution in [0.1, 0.15) is 22.6 Å². The molecular weight excluding hydrogens is 274 g/mol. The van der Waals surface area contributed by atoms with Gasteiger partial charge in [0.05, 0.1) is 17.8 Å². The van der Waals surface area contributed by atoms with Gasteiger partial charge in [-0.1, -0.05) is 6.07 Å². The molecule has 0 saturated carbocycles. The first-order chi connectivity index (χ1) is 10.7. The van der Waals surface area contributed by atoms with Crippen molar-refractivity contribution in [3.05, 3.63) is 71.2 Å². The standard InChI is InChI=1S/C18H15N3O/c1-12-2-7-16(20)8-15(12)9-18-21-11-17(22-18)14-5-3-13(10-19)4-6-14/h2-8,11H,9,20H2,1H3. The molecule has 0 amide bonds. The molecule has 3 aromatic rings. The normalized spacial score (nSPS) is 10.4. The summed E-state index contributed by atoms with van der Waals surface area (Å²) < 4.78 is 5.81. The van der Waals surface area contributed by atoms with Gasteiger partial charge in [0.2, 0.25) is 0 Å². The summed E-state index contributed by atoms with van der Waals surface area (Å²) in [4.78, 5) is 4.33. The van der Waals surface area contributed by atoms with Crippen molar-refractivity contribution in [2.45, 2.75) is 13.3 Å². The predicted octanol–water partition coefficient (Wildman–Crippen LogP) is 3.69. The quantitative estimate of drug-likeness (QED) is 0.746. The Morgan fingerprint density at radius 2 is 1.95 bits per heavy atom. The molecule has 2 N–H and O–H groups in total. The van der Waals surface area contributed by atoms with E-state index < -0.39 is 0 Å². The molecule has 0 aliphatic rings. The van der Waals surface area contributed by atoms with Crippen LogP contribution in [0.2, 0.25) is 0 Å². The summed E-state index contributed by atoms with van der Waals surface area (Å²) in [7, 11) is 0. The fourth-order valence-corrected chi connectivity index (χ4v) is 2.28. The molecule has 0 saturated heterocycles. The van der Waals surface area contributed by atoms with Crippen LogP contribution in [0.15, 0.2) is 53.1 Å². The van der Waals surface area contributed by atoms with Gasteiger partial charge >= 0.3 is 0 Å². The molecule has 4 nitrogen and oxygen atoms in total. The lowest BCUT2D eigenvalue weighted by Gasteiger charge is -2.04. The van der Waals surface area contributed by atoms with Gasteiger partial charge in [0, 0.05) is 17.7 Å². The molecule has 1 heterocycles. The minimum Gasteiger partial charge on any atom is -0.440 e. The lowest BCUT2D eigenvalue weighted by molar-refractivity contribution is 0.519. The second kappa shape index (κ2) is 5.74. The lowest BCUT2D eigenvalue weighted by atomic mass is 10.1. The SMILES string of the molecule is Cc1ccc(N)cc1Cc1ncc(-c2ccc(C#N)cc2)o1. The highest BCUT2D eigenvalue weighted by molar-refractivity contribution is 5.57. The number of aromatic nitrogens is 1. The van der Waals surface area contributed by atoms with Crippen molar-refractivity contribution in [2.75, 3.05) is 5.73 Å². The number of hydrogen-bond acceptors (Lipinski definition) is 4. The molecule has 0 fully saturated rings. The summed E-state index contributed by atoms with van der Waals surface area (Å²) in [5.41, 5.74) is 10.4. The summed E-state index contributed by atoms with van der Waals surface area (Å²) in [6, 6.07) is 15.2. The van der Waals surface area contributed by atoms with Gasteiger partial charge in [0.1, 0.15) is 0 Å². The Hall–Kier alpha value is -3.06. The number of anilines is 1. The third-order valence-corrected chi connectivity index (χ3v) is 3.57. The molecule has 0 aliphatic heterocycles. The van der Waals surface area contributed by atoms with Gasteiger partial charge in [-0.05, 0) is 54.4 Å². The molecule has 2 aromatic carbocycles. The Morgan fingerprint density at radius 1 is 1.18 bits per heavy atom. The molecule has 0 spiro atoms. The zero-order chi connectivity index (χ0) is 15.5. The zero-order valence-electron chi connectivity index (χ0n) is 12.2. The van der Waals surface area contributed by atoms with E-state index in [4.69, 9.17) is 15.4 Å². The zero-order valence-corrected chi connectivity index (χ0v) is 12.2. The largest absolute Gasteiger partial charge is 0.440 e. The Kier molecular flexibility index (Phi) is 3.63. The number of nitriles is 1. The van der Waals surface area contributed by atoms with E-state index in [9.17, 15) is 0 Å². The number of hydrogen-bond donors (Lipinski definition) is 1. The Bertz CT molecular complexity index is 842. The molecule has 0 radical (unpaired) electrons. The minimum absolute atomic E-state index is 0.604. The highest BCUT2D eigenvalue weighted by atomic mass is 16.4. The lowest BCUT2D eigenvalue weighted by Crippen LogP contribution is -1.94. The smallest absolute Gasteiger partial charge is 0.199 e. The second-order valence-electron chi connectivity index (χ2n) is 5.17. The highest BCUT2D eigenvalue weighted by Crippen LogP contribution is 2.23. The number of aryl methyl sites for hydroxylation is 1. The molecule has 22 heavy (non-hydrogen) atoms. The van der Waals surface area contributed by atoms with Gasteiger partial charge in [0.15, 0.2) is 11.7 Å². The van der Waals surface area contributed by atoms with Crippen molar-refractivity contribution in [1.29, 1.82) is 5.26 Å². The van der Waals surface area contributed by atoms with E-state index in [2.05, 4.69) is 11.1 Å². The fraction of sp³-hybridized carbons (Fsp3) is 0.111. The number of nitrogens with zero attached hydrogens (tertiary/aromatic N) is 2. The van der Waals surface area contributed by atoms with Crippen LogP contribution in [-0.2, 0) is 6.42 Å². The predicted molar refractivity (Wildman–Crippen MR) is 85.1 cm³/mol. The summed E-state index contributed by atoms with van der Waals surface area (Å²) in [6.07, 6.45) is 2.31. The topological polar surface area (TPSA) is 75.8 Å². The van der Waals surface area contributed by atoms with Crippen LogP contribution >= 0.6 is 0 Å². The van der Waals surface area contributed by atoms with Crippen LogP contribution in [0.5, 0.6) is 0 Å². The Morgan fingerprint density at radius 3 is 2.68 bits per heavy atom. The summed E-state index contributed by atoms with van der Waals surface area (Å²) in [6.45, 7) is 2.04. The van der Waals surface area contributed by atoms with Crippen LogP contribution < -0.4 is 5.73 Å². The maximum atomic E-state index is 8.82. The van der Waals surface area contributed by atoms with E-state index in [-0.39, 0.29) is 0 Å². The molecule has 0 unspecified atom stereocenters. The molecule has 0 atom stereocenters.